The van der Waals surface area contributed by atoms with Gasteiger partial charge in [0.2, 0.25) is 10.0 Å². The van der Waals surface area contributed by atoms with Crippen LogP contribution in [0.15, 0.2) is 41.3 Å². The molecule has 0 aliphatic carbocycles. The van der Waals surface area contributed by atoms with Crippen molar-refractivity contribution in [2.45, 2.75) is 11.4 Å². The number of rotatable bonds is 4. The van der Waals surface area contributed by atoms with Crippen LogP contribution < -0.4 is 0 Å². The molecule has 0 atom stereocenters. The van der Waals surface area contributed by atoms with Gasteiger partial charge >= 0.3 is 0 Å². The standard InChI is InChI=1S/C17H16ClF3N2O2S/c18-14-2-1-3-15(20)13(14)11-22-6-8-23(9-7-22)26(24,25)17-10-12(19)4-5-16(17)21/h1-5,10H,6-9,11H2. The molecule has 0 radical (unpaired) electrons. The lowest BCUT2D eigenvalue weighted by atomic mass is 10.2. The van der Waals surface area contributed by atoms with E-state index in [4.69, 9.17) is 11.6 Å². The lowest BCUT2D eigenvalue weighted by Crippen LogP contribution is -2.48. The second-order valence-electron chi connectivity index (χ2n) is 5.96. The number of halogens is 4. The van der Waals surface area contributed by atoms with Crippen molar-refractivity contribution in [2.75, 3.05) is 26.2 Å². The van der Waals surface area contributed by atoms with E-state index in [2.05, 4.69) is 0 Å². The quantitative estimate of drug-likeness (QED) is 0.785. The summed E-state index contributed by atoms with van der Waals surface area (Å²) >= 11 is 6.01. The molecule has 1 heterocycles. The van der Waals surface area contributed by atoms with Crippen LogP contribution in [0, 0.1) is 17.5 Å². The van der Waals surface area contributed by atoms with Crippen molar-refractivity contribution in [2.24, 2.45) is 0 Å². The fourth-order valence-electron chi connectivity index (χ4n) is 2.85. The van der Waals surface area contributed by atoms with Crippen molar-refractivity contribution in [1.29, 1.82) is 0 Å². The molecule has 0 amide bonds. The smallest absolute Gasteiger partial charge is 0.246 e. The highest BCUT2D eigenvalue weighted by Gasteiger charge is 2.31. The van der Waals surface area contributed by atoms with E-state index in [1.165, 1.54) is 12.1 Å². The van der Waals surface area contributed by atoms with Gasteiger partial charge in [-0.15, -0.1) is 0 Å². The zero-order valence-corrected chi connectivity index (χ0v) is 15.2. The summed E-state index contributed by atoms with van der Waals surface area (Å²) in [6.07, 6.45) is 0. The molecule has 9 heteroatoms. The van der Waals surface area contributed by atoms with Gasteiger partial charge in [-0.2, -0.15) is 4.31 Å². The molecule has 0 N–H and O–H groups in total. The first-order valence-corrected chi connectivity index (χ1v) is 9.71. The molecule has 26 heavy (non-hydrogen) atoms. The van der Waals surface area contributed by atoms with Crippen LogP contribution >= 0.6 is 11.6 Å². The molecule has 1 fully saturated rings. The van der Waals surface area contributed by atoms with E-state index in [1.54, 1.807) is 6.07 Å². The molecule has 0 bridgehead atoms. The predicted molar refractivity (Wildman–Crippen MR) is 91.8 cm³/mol. The number of benzene rings is 2. The molecular formula is C17H16ClF3N2O2S. The Labute approximate surface area is 154 Å². The van der Waals surface area contributed by atoms with Crippen LogP contribution in [0.1, 0.15) is 5.56 Å². The number of piperazine rings is 1. The third-order valence-corrected chi connectivity index (χ3v) is 6.55. The summed E-state index contributed by atoms with van der Waals surface area (Å²) in [5.41, 5.74) is 0.349. The molecule has 0 unspecified atom stereocenters. The number of sulfonamides is 1. The minimum absolute atomic E-state index is 0.0877. The average Bonchev–Trinajstić information content (AvgIpc) is 2.61. The monoisotopic (exact) mass is 404 g/mol. The van der Waals surface area contributed by atoms with E-state index in [1.807, 2.05) is 4.90 Å². The number of nitrogens with zero attached hydrogens (tertiary/aromatic N) is 2. The lowest BCUT2D eigenvalue weighted by molar-refractivity contribution is 0.179. The molecule has 0 aromatic heterocycles. The molecule has 4 nitrogen and oxygen atoms in total. The summed E-state index contributed by atoms with van der Waals surface area (Å²) in [5, 5.41) is 0.307. The van der Waals surface area contributed by atoms with E-state index in [0.29, 0.717) is 29.7 Å². The lowest BCUT2D eigenvalue weighted by Gasteiger charge is -2.34. The highest BCUT2D eigenvalue weighted by molar-refractivity contribution is 7.89. The summed E-state index contributed by atoms with van der Waals surface area (Å²) in [4.78, 5) is 1.18. The molecule has 2 aromatic rings. The van der Waals surface area contributed by atoms with Crippen molar-refractivity contribution >= 4 is 21.6 Å². The van der Waals surface area contributed by atoms with E-state index >= 15 is 0 Å². The van der Waals surface area contributed by atoms with E-state index in [0.717, 1.165) is 16.4 Å². The Morgan fingerprint density at radius 3 is 2.31 bits per heavy atom. The Morgan fingerprint density at radius 1 is 0.962 bits per heavy atom. The SMILES string of the molecule is O=S(=O)(c1cc(F)ccc1F)N1CCN(Cc2c(F)cccc2Cl)CC1. The van der Waals surface area contributed by atoms with Gasteiger partial charge in [-0.3, -0.25) is 4.90 Å². The van der Waals surface area contributed by atoms with Gasteiger partial charge in [-0.05, 0) is 30.3 Å². The summed E-state index contributed by atoms with van der Waals surface area (Å²) in [7, 11) is -4.14. The van der Waals surface area contributed by atoms with Crippen molar-refractivity contribution in [1.82, 2.24) is 9.21 Å². The molecule has 140 valence electrons. The van der Waals surface area contributed by atoms with Crippen LogP contribution in [0.4, 0.5) is 13.2 Å². The van der Waals surface area contributed by atoms with Crippen LogP contribution in [0.3, 0.4) is 0 Å². The van der Waals surface area contributed by atoms with Crippen molar-refractivity contribution in [3.8, 4) is 0 Å². The largest absolute Gasteiger partial charge is 0.296 e. The summed E-state index contributed by atoms with van der Waals surface area (Å²) in [5.74, 6) is -2.24. The highest BCUT2D eigenvalue weighted by atomic mass is 35.5. The average molecular weight is 405 g/mol. The first-order chi connectivity index (χ1) is 12.3. The second-order valence-corrected chi connectivity index (χ2v) is 8.27. The van der Waals surface area contributed by atoms with E-state index in [-0.39, 0.29) is 19.6 Å². The molecule has 1 saturated heterocycles. The number of hydrogen-bond donors (Lipinski definition) is 0. The second kappa shape index (κ2) is 7.56. The van der Waals surface area contributed by atoms with Crippen molar-refractivity contribution in [3.63, 3.8) is 0 Å². The summed E-state index contributed by atoms with van der Waals surface area (Å²) in [6, 6.07) is 6.75. The van der Waals surface area contributed by atoms with Gasteiger partial charge in [0.25, 0.3) is 0 Å². The molecular weight excluding hydrogens is 389 g/mol. The third-order valence-electron chi connectivity index (χ3n) is 4.29. The molecule has 1 aliphatic heterocycles. The molecule has 0 saturated carbocycles. The Morgan fingerprint density at radius 2 is 1.65 bits per heavy atom. The Balaban J connectivity index is 1.71. The summed E-state index contributed by atoms with van der Waals surface area (Å²) in [6.45, 7) is 1.06. The van der Waals surface area contributed by atoms with Crippen molar-refractivity contribution in [3.05, 3.63) is 64.4 Å². The van der Waals surface area contributed by atoms with Gasteiger partial charge in [0, 0.05) is 43.3 Å². The minimum atomic E-state index is -4.14. The zero-order chi connectivity index (χ0) is 18.9. The Kier molecular flexibility index (Phi) is 5.57. The maximum atomic E-state index is 13.9. The molecule has 3 rings (SSSR count). The van der Waals surface area contributed by atoms with E-state index in [9.17, 15) is 21.6 Å². The van der Waals surface area contributed by atoms with Crippen LogP contribution in [-0.2, 0) is 16.6 Å². The predicted octanol–water partition coefficient (Wildman–Crippen LogP) is 3.26. The Bertz CT molecular complexity index is 896. The first-order valence-electron chi connectivity index (χ1n) is 7.89. The third kappa shape index (κ3) is 3.88. The molecule has 2 aromatic carbocycles. The fraction of sp³-hybridized carbons (Fsp3) is 0.294. The van der Waals surface area contributed by atoms with Crippen LogP contribution in [0.5, 0.6) is 0 Å². The van der Waals surface area contributed by atoms with Gasteiger partial charge in [0.15, 0.2) is 0 Å². The fourth-order valence-corrected chi connectivity index (χ4v) is 4.57. The van der Waals surface area contributed by atoms with Gasteiger partial charge in [-0.25, -0.2) is 21.6 Å². The molecule has 0 spiro atoms. The first kappa shape index (κ1) is 19.2. The zero-order valence-electron chi connectivity index (χ0n) is 13.6. The van der Waals surface area contributed by atoms with E-state index < -0.39 is 32.4 Å². The maximum Gasteiger partial charge on any atom is 0.246 e. The summed E-state index contributed by atoms with van der Waals surface area (Å²) < 4.78 is 67.2. The minimum Gasteiger partial charge on any atom is -0.296 e. The van der Waals surface area contributed by atoms with Crippen LogP contribution in [-0.4, -0.2) is 43.8 Å². The van der Waals surface area contributed by atoms with Gasteiger partial charge in [-0.1, -0.05) is 17.7 Å². The maximum absolute atomic E-state index is 13.9. The van der Waals surface area contributed by atoms with Crippen molar-refractivity contribution < 1.29 is 21.6 Å². The van der Waals surface area contributed by atoms with Gasteiger partial charge in [0.05, 0.1) is 0 Å². The number of hydrogen-bond acceptors (Lipinski definition) is 3. The van der Waals surface area contributed by atoms with Crippen LogP contribution in [0.2, 0.25) is 5.02 Å². The topological polar surface area (TPSA) is 40.6 Å². The van der Waals surface area contributed by atoms with Crippen LogP contribution in [0.25, 0.3) is 0 Å². The normalized spacial score (nSPS) is 16.8. The highest BCUT2D eigenvalue weighted by Crippen LogP contribution is 2.24. The Hall–Kier alpha value is -1.61. The molecule has 1 aliphatic rings. The van der Waals surface area contributed by atoms with Gasteiger partial charge < -0.3 is 0 Å². The van der Waals surface area contributed by atoms with Gasteiger partial charge in [0.1, 0.15) is 22.3 Å².